The maximum absolute atomic E-state index is 12.1. The molecule has 0 saturated heterocycles. The minimum absolute atomic E-state index is 0.0634. The molecule has 0 spiro atoms. The first-order valence-electron chi connectivity index (χ1n) is 5.52. The second-order valence-electron chi connectivity index (χ2n) is 3.90. The van der Waals surface area contributed by atoms with Gasteiger partial charge in [0.15, 0.2) is 5.78 Å². The molecule has 0 aliphatic carbocycles. The summed E-state index contributed by atoms with van der Waals surface area (Å²) in [5.74, 6) is 0.0634. The lowest BCUT2D eigenvalue weighted by Crippen LogP contribution is -2.09. The van der Waals surface area contributed by atoms with Crippen LogP contribution in [0.4, 0.5) is 0 Å². The molecule has 0 radical (unpaired) electrons. The molecule has 6 heteroatoms. The average Bonchev–Trinajstić information content (AvgIpc) is 2.88. The number of aromatic nitrogens is 2. The van der Waals surface area contributed by atoms with Gasteiger partial charge >= 0.3 is 0 Å². The van der Waals surface area contributed by atoms with Gasteiger partial charge in [0.25, 0.3) is 0 Å². The van der Waals surface area contributed by atoms with E-state index in [1.807, 2.05) is 25.3 Å². The van der Waals surface area contributed by atoms with Gasteiger partial charge < -0.3 is 0 Å². The largest absolute Gasteiger partial charge is 0.294 e. The van der Waals surface area contributed by atoms with Crippen molar-refractivity contribution in [3.05, 3.63) is 37.2 Å². The second kappa shape index (κ2) is 5.55. The minimum atomic E-state index is 0.0634. The van der Waals surface area contributed by atoms with Crippen molar-refractivity contribution in [1.29, 1.82) is 0 Å². The molecule has 2 aromatic rings. The van der Waals surface area contributed by atoms with Crippen LogP contribution in [-0.4, -0.2) is 15.6 Å². The molecule has 0 unspecified atom stereocenters. The number of halogens is 2. The Hall–Kier alpha value is -0.650. The summed E-state index contributed by atoms with van der Waals surface area (Å²) < 4.78 is 2.74. The molecule has 0 aliphatic rings. The van der Waals surface area contributed by atoms with Crippen LogP contribution in [0.25, 0.3) is 0 Å². The van der Waals surface area contributed by atoms with Crippen molar-refractivity contribution >= 4 is 44.7 Å². The van der Waals surface area contributed by atoms with Gasteiger partial charge in [-0.2, -0.15) is 5.10 Å². The Balaban J connectivity index is 2.26. The summed E-state index contributed by atoms with van der Waals surface area (Å²) in [5, 5.41) is 6.75. The van der Waals surface area contributed by atoms with Crippen molar-refractivity contribution in [2.75, 3.05) is 0 Å². The first kappa shape index (κ1) is 13.8. The number of rotatable bonds is 4. The topological polar surface area (TPSA) is 34.9 Å². The Kier molecular flexibility index (Phi) is 4.25. The standard InChI is InChI=1S/C12H12BrClN2OS/c1-3-16-9(12(14)7(2)15-16)5-10(17)8-4-11(13)18-6-8/h4,6H,3,5H2,1-2H3. The summed E-state index contributed by atoms with van der Waals surface area (Å²) in [6.07, 6.45) is 0.288. The number of carbonyl (C=O) groups is 1. The summed E-state index contributed by atoms with van der Waals surface area (Å²) >= 11 is 11.0. The Morgan fingerprint density at radius 2 is 2.33 bits per heavy atom. The zero-order valence-corrected chi connectivity index (χ0v) is 13.2. The minimum Gasteiger partial charge on any atom is -0.294 e. The lowest BCUT2D eigenvalue weighted by atomic mass is 10.1. The fourth-order valence-electron chi connectivity index (χ4n) is 1.75. The van der Waals surface area contributed by atoms with Gasteiger partial charge in [0.1, 0.15) is 0 Å². The van der Waals surface area contributed by atoms with Crippen LogP contribution in [0.3, 0.4) is 0 Å². The number of hydrogen-bond donors (Lipinski definition) is 0. The molecule has 0 fully saturated rings. The van der Waals surface area contributed by atoms with E-state index in [4.69, 9.17) is 11.6 Å². The zero-order chi connectivity index (χ0) is 13.3. The van der Waals surface area contributed by atoms with Gasteiger partial charge in [-0.3, -0.25) is 9.48 Å². The highest BCUT2D eigenvalue weighted by molar-refractivity contribution is 9.11. The molecular weight excluding hydrogens is 336 g/mol. The molecule has 2 aromatic heterocycles. The molecule has 0 atom stereocenters. The molecule has 2 heterocycles. The van der Waals surface area contributed by atoms with E-state index < -0.39 is 0 Å². The molecular formula is C12H12BrClN2OS. The highest BCUT2D eigenvalue weighted by atomic mass is 79.9. The highest BCUT2D eigenvalue weighted by Gasteiger charge is 2.17. The predicted molar refractivity (Wildman–Crippen MR) is 77.7 cm³/mol. The number of Topliss-reactive ketones (excluding diaryl/α,β-unsaturated/α-hetero) is 1. The normalized spacial score (nSPS) is 10.9. The summed E-state index contributed by atoms with van der Waals surface area (Å²) in [7, 11) is 0. The molecule has 0 aliphatic heterocycles. The first-order valence-corrected chi connectivity index (χ1v) is 7.57. The maximum atomic E-state index is 12.1. The zero-order valence-electron chi connectivity index (χ0n) is 10.0. The third kappa shape index (κ3) is 2.68. The van der Waals surface area contributed by atoms with Crippen LogP contribution in [0.15, 0.2) is 15.2 Å². The van der Waals surface area contributed by atoms with Gasteiger partial charge in [0.05, 0.1) is 26.6 Å². The molecule has 96 valence electrons. The first-order chi connectivity index (χ1) is 8.52. The van der Waals surface area contributed by atoms with Crippen LogP contribution in [-0.2, 0) is 13.0 Å². The molecule has 0 saturated carbocycles. The van der Waals surface area contributed by atoms with Crippen LogP contribution in [0.1, 0.15) is 28.7 Å². The Morgan fingerprint density at radius 1 is 1.61 bits per heavy atom. The number of ketones is 1. The van der Waals surface area contributed by atoms with Gasteiger partial charge in [-0.05, 0) is 35.8 Å². The SMILES string of the molecule is CCn1nc(C)c(Cl)c1CC(=O)c1csc(Br)c1. The van der Waals surface area contributed by atoms with E-state index in [9.17, 15) is 4.79 Å². The second-order valence-corrected chi connectivity index (χ2v) is 6.57. The summed E-state index contributed by atoms with van der Waals surface area (Å²) in [4.78, 5) is 12.1. The van der Waals surface area contributed by atoms with Crippen molar-refractivity contribution in [2.45, 2.75) is 26.8 Å². The van der Waals surface area contributed by atoms with Crippen LogP contribution in [0, 0.1) is 6.92 Å². The van der Waals surface area contributed by atoms with E-state index in [1.54, 1.807) is 4.68 Å². The van der Waals surface area contributed by atoms with Crippen molar-refractivity contribution in [1.82, 2.24) is 9.78 Å². The molecule has 2 rings (SSSR count). The Bertz CT molecular complexity index is 591. The number of nitrogens with zero attached hydrogens (tertiary/aromatic N) is 2. The summed E-state index contributed by atoms with van der Waals surface area (Å²) in [5.41, 5.74) is 2.28. The van der Waals surface area contributed by atoms with Gasteiger partial charge in [-0.15, -0.1) is 11.3 Å². The van der Waals surface area contributed by atoms with E-state index in [-0.39, 0.29) is 12.2 Å². The molecule has 3 nitrogen and oxygen atoms in total. The highest BCUT2D eigenvalue weighted by Crippen LogP contribution is 2.25. The van der Waals surface area contributed by atoms with Gasteiger partial charge in [-0.25, -0.2) is 0 Å². The van der Waals surface area contributed by atoms with E-state index >= 15 is 0 Å². The van der Waals surface area contributed by atoms with Crippen LogP contribution >= 0.6 is 38.9 Å². The number of carbonyl (C=O) groups excluding carboxylic acids is 1. The number of thiophene rings is 1. The Labute approximate surface area is 123 Å². The molecule has 0 amide bonds. The van der Waals surface area contributed by atoms with Crippen LogP contribution in [0.2, 0.25) is 5.02 Å². The van der Waals surface area contributed by atoms with Gasteiger partial charge in [0, 0.05) is 17.5 Å². The summed E-state index contributed by atoms with van der Waals surface area (Å²) in [6, 6.07) is 1.83. The lowest BCUT2D eigenvalue weighted by Gasteiger charge is -2.03. The average molecular weight is 348 g/mol. The quantitative estimate of drug-likeness (QED) is 0.780. The fourth-order valence-corrected chi connectivity index (χ4v) is 3.11. The summed E-state index contributed by atoms with van der Waals surface area (Å²) in [6.45, 7) is 4.55. The van der Waals surface area contributed by atoms with Crippen molar-refractivity contribution in [3.8, 4) is 0 Å². The van der Waals surface area contributed by atoms with E-state index in [1.165, 1.54) is 11.3 Å². The van der Waals surface area contributed by atoms with Crippen molar-refractivity contribution in [2.24, 2.45) is 0 Å². The number of hydrogen-bond acceptors (Lipinski definition) is 3. The molecule has 0 N–H and O–H groups in total. The van der Waals surface area contributed by atoms with E-state index in [2.05, 4.69) is 21.0 Å². The van der Waals surface area contributed by atoms with E-state index in [0.717, 1.165) is 15.2 Å². The van der Waals surface area contributed by atoms with Gasteiger partial charge in [-0.1, -0.05) is 11.6 Å². The Morgan fingerprint density at radius 3 is 2.89 bits per heavy atom. The lowest BCUT2D eigenvalue weighted by molar-refractivity contribution is 0.0991. The van der Waals surface area contributed by atoms with Crippen LogP contribution < -0.4 is 0 Å². The van der Waals surface area contributed by atoms with Crippen molar-refractivity contribution < 1.29 is 4.79 Å². The monoisotopic (exact) mass is 346 g/mol. The molecule has 0 aromatic carbocycles. The fraction of sp³-hybridized carbons (Fsp3) is 0.333. The van der Waals surface area contributed by atoms with Gasteiger partial charge in [0.2, 0.25) is 0 Å². The van der Waals surface area contributed by atoms with Crippen molar-refractivity contribution in [3.63, 3.8) is 0 Å². The molecule has 0 bridgehead atoms. The predicted octanol–water partition coefficient (Wildman–Crippen LogP) is 4.11. The maximum Gasteiger partial charge on any atom is 0.169 e. The van der Waals surface area contributed by atoms with E-state index in [0.29, 0.717) is 17.1 Å². The smallest absolute Gasteiger partial charge is 0.169 e. The molecule has 18 heavy (non-hydrogen) atoms. The third-order valence-electron chi connectivity index (χ3n) is 2.67. The number of aryl methyl sites for hydroxylation is 2. The third-order valence-corrected chi connectivity index (χ3v) is 4.67. The van der Waals surface area contributed by atoms with Crippen LogP contribution in [0.5, 0.6) is 0 Å².